The SMILES string of the molecule is C[Si]1(C)c2cccc(-c3ccccc3)c2N(B2c3ccccc3-n3c4ccccc4c4cccc2c43)c2c(-c3ccccc3)cccc21. The van der Waals surface area contributed by atoms with E-state index in [0.29, 0.717) is 0 Å². The predicted octanol–water partition coefficient (Wildman–Crippen LogP) is 8.51. The fourth-order valence-electron chi connectivity index (χ4n) is 8.72. The molecule has 0 N–H and O–H groups in total. The third-order valence-corrected chi connectivity index (χ3v) is 14.3. The molecule has 0 aliphatic carbocycles. The second-order valence-electron chi connectivity index (χ2n) is 13.7. The van der Waals surface area contributed by atoms with E-state index in [0.717, 1.165) is 0 Å². The number of para-hydroxylation sites is 5. The number of aromatic nitrogens is 1. The van der Waals surface area contributed by atoms with Crippen LogP contribution in [0.15, 0.2) is 164 Å². The Balaban J connectivity index is 1.39. The van der Waals surface area contributed by atoms with Gasteiger partial charge in [-0.15, -0.1) is 0 Å². The first-order valence-corrected chi connectivity index (χ1v) is 19.9. The minimum absolute atomic E-state index is 0.0426. The summed E-state index contributed by atoms with van der Waals surface area (Å²) in [6.07, 6.45) is 0. The quantitative estimate of drug-likeness (QED) is 0.178. The van der Waals surface area contributed by atoms with Gasteiger partial charge in [0.05, 0.1) is 11.0 Å². The van der Waals surface area contributed by atoms with Crippen molar-refractivity contribution in [3.63, 3.8) is 0 Å². The number of hydrogen-bond acceptors (Lipinski definition) is 1. The van der Waals surface area contributed by atoms with Crippen molar-refractivity contribution in [1.82, 2.24) is 4.57 Å². The molecule has 0 spiro atoms. The molecule has 0 unspecified atom stereocenters. The molecule has 226 valence electrons. The molecule has 3 heterocycles. The monoisotopic (exact) mass is 628 g/mol. The molecular weight excluding hydrogens is 595 g/mol. The second kappa shape index (κ2) is 10.2. The Kier molecular flexibility index (Phi) is 5.85. The van der Waals surface area contributed by atoms with Crippen LogP contribution >= 0.6 is 0 Å². The molecule has 0 amide bonds. The molecule has 8 aromatic rings. The van der Waals surface area contributed by atoms with Crippen LogP contribution in [-0.2, 0) is 0 Å². The van der Waals surface area contributed by atoms with Crippen molar-refractivity contribution in [2.75, 3.05) is 4.81 Å². The lowest BCUT2D eigenvalue weighted by molar-refractivity contribution is 1.18. The summed E-state index contributed by atoms with van der Waals surface area (Å²) in [5.41, 5.74) is 14.3. The summed E-state index contributed by atoms with van der Waals surface area (Å²) in [5, 5.41) is 5.57. The van der Waals surface area contributed by atoms with Gasteiger partial charge >= 0.3 is 6.85 Å². The van der Waals surface area contributed by atoms with Gasteiger partial charge in [0.2, 0.25) is 0 Å². The van der Waals surface area contributed by atoms with Crippen LogP contribution in [0.5, 0.6) is 0 Å². The summed E-state index contributed by atoms with van der Waals surface area (Å²) < 4.78 is 2.52. The maximum Gasteiger partial charge on any atom is 0.332 e. The molecule has 2 aliphatic rings. The summed E-state index contributed by atoms with van der Waals surface area (Å²) in [4.78, 5) is 2.75. The molecule has 48 heavy (non-hydrogen) atoms. The summed E-state index contributed by atoms with van der Waals surface area (Å²) in [6.45, 7) is 5.04. The number of benzene rings is 7. The normalized spacial score (nSPS) is 14.1. The van der Waals surface area contributed by atoms with Gasteiger partial charge in [-0.05, 0) is 44.6 Å². The molecular formula is C44H33BN2Si. The summed E-state index contributed by atoms with van der Waals surface area (Å²) >= 11 is 0. The van der Waals surface area contributed by atoms with Gasteiger partial charge in [0.15, 0.2) is 0 Å². The van der Waals surface area contributed by atoms with Crippen LogP contribution in [0.2, 0.25) is 13.1 Å². The van der Waals surface area contributed by atoms with Crippen molar-refractivity contribution in [3.8, 4) is 27.9 Å². The van der Waals surface area contributed by atoms with Gasteiger partial charge in [0, 0.05) is 39.0 Å². The Morgan fingerprint density at radius 2 is 0.979 bits per heavy atom. The van der Waals surface area contributed by atoms with E-state index in [1.54, 1.807) is 0 Å². The molecule has 0 radical (unpaired) electrons. The molecule has 7 aromatic carbocycles. The van der Waals surface area contributed by atoms with Crippen molar-refractivity contribution in [2.45, 2.75) is 13.1 Å². The Morgan fingerprint density at radius 3 is 1.65 bits per heavy atom. The summed E-state index contributed by atoms with van der Waals surface area (Å²) in [5.74, 6) is 0. The maximum absolute atomic E-state index is 2.75. The van der Waals surface area contributed by atoms with Crippen LogP contribution in [0, 0.1) is 0 Å². The molecule has 2 aliphatic heterocycles. The van der Waals surface area contributed by atoms with Crippen molar-refractivity contribution in [3.05, 3.63) is 164 Å². The first-order chi connectivity index (χ1) is 23.6. The molecule has 0 saturated heterocycles. The fraction of sp³-hybridized carbons (Fsp3) is 0.0455. The molecule has 2 nitrogen and oxygen atoms in total. The lowest BCUT2D eigenvalue weighted by Crippen LogP contribution is -2.66. The summed E-state index contributed by atoms with van der Waals surface area (Å²) in [7, 11) is -2.16. The minimum Gasteiger partial charge on any atom is -0.376 e. The van der Waals surface area contributed by atoms with Crippen LogP contribution in [0.4, 0.5) is 11.4 Å². The van der Waals surface area contributed by atoms with Gasteiger partial charge in [0.1, 0.15) is 8.07 Å². The van der Waals surface area contributed by atoms with E-state index in [-0.39, 0.29) is 6.85 Å². The lowest BCUT2D eigenvalue weighted by atomic mass is 9.46. The number of anilines is 2. The molecule has 1 aromatic heterocycles. The third kappa shape index (κ3) is 3.69. The Morgan fingerprint density at radius 1 is 0.458 bits per heavy atom. The lowest BCUT2D eigenvalue weighted by Gasteiger charge is -2.47. The van der Waals surface area contributed by atoms with E-state index >= 15 is 0 Å². The van der Waals surface area contributed by atoms with E-state index in [4.69, 9.17) is 0 Å². The Bertz CT molecular complexity index is 2460. The molecule has 0 fully saturated rings. The topological polar surface area (TPSA) is 8.17 Å². The van der Waals surface area contributed by atoms with E-state index in [1.165, 1.54) is 82.4 Å². The second-order valence-corrected chi connectivity index (χ2v) is 18.0. The van der Waals surface area contributed by atoms with Crippen molar-refractivity contribution in [2.24, 2.45) is 0 Å². The van der Waals surface area contributed by atoms with Crippen molar-refractivity contribution in [1.29, 1.82) is 0 Å². The smallest absolute Gasteiger partial charge is 0.332 e. The van der Waals surface area contributed by atoms with Crippen molar-refractivity contribution < 1.29 is 0 Å². The third-order valence-electron chi connectivity index (χ3n) is 10.8. The van der Waals surface area contributed by atoms with Gasteiger partial charge in [-0.3, -0.25) is 0 Å². The molecule has 4 heteroatoms. The highest BCUT2D eigenvalue weighted by atomic mass is 28.3. The minimum atomic E-state index is -2.16. The fourth-order valence-corrected chi connectivity index (χ4v) is 11.7. The zero-order valence-corrected chi connectivity index (χ0v) is 28.1. The van der Waals surface area contributed by atoms with Crippen LogP contribution < -0.4 is 26.1 Å². The zero-order valence-electron chi connectivity index (χ0n) is 27.1. The van der Waals surface area contributed by atoms with Gasteiger partial charge < -0.3 is 9.38 Å². The highest BCUT2D eigenvalue weighted by Gasteiger charge is 2.47. The first kappa shape index (κ1) is 27.5. The average molecular weight is 629 g/mol. The molecule has 10 rings (SSSR count). The van der Waals surface area contributed by atoms with Crippen LogP contribution in [0.1, 0.15) is 0 Å². The highest BCUT2D eigenvalue weighted by molar-refractivity contribution is 7.05. The van der Waals surface area contributed by atoms with Gasteiger partial charge in [-0.2, -0.15) is 0 Å². The molecule has 0 saturated carbocycles. The average Bonchev–Trinajstić information content (AvgIpc) is 3.49. The zero-order chi connectivity index (χ0) is 32.0. The molecule has 0 atom stereocenters. The van der Waals surface area contributed by atoms with E-state index < -0.39 is 8.07 Å². The largest absolute Gasteiger partial charge is 0.376 e. The van der Waals surface area contributed by atoms with Gasteiger partial charge in [-0.25, -0.2) is 0 Å². The van der Waals surface area contributed by atoms with E-state index in [2.05, 4.69) is 186 Å². The van der Waals surface area contributed by atoms with Crippen molar-refractivity contribution >= 4 is 69.4 Å². The van der Waals surface area contributed by atoms with Crippen LogP contribution in [0.25, 0.3) is 49.7 Å². The standard InChI is InChI=1S/C44H33BN2Si/c1-48(2)40-28-14-21-32(30-16-5-3-6-17-30)43(40)47(44-33(22-15-29-41(44)48)31-18-7-4-8-19-31)45-36-24-10-12-27-39(36)46-38-26-11-9-20-34(38)35-23-13-25-37(45)42(35)46/h3-29H,1-2H3. The van der Waals surface area contributed by atoms with E-state index in [9.17, 15) is 0 Å². The van der Waals surface area contributed by atoms with Gasteiger partial charge in [-0.1, -0.05) is 165 Å². The number of fused-ring (bicyclic) bond motifs is 7. The van der Waals surface area contributed by atoms with Crippen LogP contribution in [-0.4, -0.2) is 19.5 Å². The number of nitrogens with zero attached hydrogens (tertiary/aromatic N) is 2. The Labute approximate surface area is 282 Å². The maximum atomic E-state index is 2.75. The van der Waals surface area contributed by atoms with Gasteiger partial charge in [0.25, 0.3) is 0 Å². The Hall–Kier alpha value is -5.58. The first-order valence-electron chi connectivity index (χ1n) is 16.9. The van der Waals surface area contributed by atoms with Crippen LogP contribution in [0.3, 0.4) is 0 Å². The highest BCUT2D eigenvalue weighted by Crippen LogP contribution is 2.45. The number of rotatable bonds is 3. The predicted molar refractivity (Wildman–Crippen MR) is 208 cm³/mol. The van der Waals surface area contributed by atoms with E-state index in [1.807, 2.05) is 0 Å². The number of hydrogen-bond donors (Lipinski definition) is 0. The molecule has 0 bridgehead atoms. The summed E-state index contributed by atoms with van der Waals surface area (Å²) in [6, 6.07) is 61.1.